The minimum atomic E-state index is -0.780. The van der Waals surface area contributed by atoms with Crippen molar-refractivity contribution in [3.05, 3.63) is 6.61 Å². The molecule has 0 spiro atoms. The molecule has 1 atom stereocenters. The van der Waals surface area contributed by atoms with Crippen molar-refractivity contribution < 1.29 is 23.8 Å². The highest BCUT2D eigenvalue weighted by Gasteiger charge is 2.24. The molecule has 1 radical (unpaired) electrons. The summed E-state index contributed by atoms with van der Waals surface area (Å²) < 4.78 is 14.2. The number of hydrogen-bond acceptors (Lipinski definition) is 5. The average Bonchev–Trinajstić information content (AvgIpc) is 2.12. The maximum Gasteiger partial charge on any atom is 0.508 e. The van der Waals surface area contributed by atoms with Crippen LogP contribution in [-0.4, -0.2) is 24.8 Å². The number of hydrogen-bond donors (Lipinski definition) is 0. The minimum absolute atomic E-state index is 0.243. The van der Waals surface area contributed by atoms with Crippen LogP contribution < -0.4 is 0 Å². The van der Waals surface area contributed by atoms with Crippen LogP contribution in [0.15, 0.2) is 0 Å². The molecule has 0 aliphatic carbocycles. The van der Waals surface area contributed by atoms with Gasteiger partial charge in [0.2, 0.25) is 0 Å². The zero-order valence-corrected chi connectivity index (χ0v) is 10.4. The van der Waals surface area contributed by atoms with Crippen molar-refractivity contribution in [3.8, 4) is 0 Å². The van der Waals surface area contributed by atoms with Gasteiger partial charge in [-0.1, -0.05) is 0 Å². The second-order valence-electron chi connectivity index (χ2n) is 4.30. The van der Waals surface area contributed by atoms with Crippen molar-refractivity contribution in [2.45, 2.75) is 40.7 Å². The zero-order valence-electron chi connectivity index (χ0n) is 10.4. The Bertz CT molecular complexity index is 241. The quantitative estimate of drug-likeness (QED) is 0.695. The lowest BCUT2D eigenvalue weighted by molar-refractivity contribution is -0.151. The number of rotatable bonds is 4. The van der Waals surface area contributed by atoms with Gasteiger partial charge in [-0.3, -0.25) is 4.79 Å². The Kier molecular flexibility index (Phi) is 5.85. The van der Waals surface area contributed by atoms with Crippen molar-refractivity contribution in [2.24, 2.45) is 5.41 Å². The van der Waals surface area contributed by atoms with E-state index in [4.69, 9.17) is 9.47 Å². The van der Waals surface area contributed by atoms with Gasteiger partial charge in [-0.2, -0.15) is 0 Å². The minimum Gasteiger partial charge on any atom is -0.454 e. The van der Waals surface area contributed by atoms with Gasteiger partial charge in [-0.15, -0.1) is 0 Å². The van der Waals surface area contributed by atoms with Crippen LogP contribution in [0.3, 0.4) is 0 Å². The molecule has 0 N–H and O–H groups in total. The fourth-order valence-corrected chi connectivity index (χ4v) is 0.666. The average molecular weight is 231 g/mol. The third kappa shape index (κ3) is 6.27. The van der Waals surface area contributed by atoms with Crippen LogP contribution >= 0.6 is 0 Å². The van der Waals surface area contributed by atoms with Crippen molar-refractivity contribution in [1.82, 2.24) is 0 Å². The Balaban J connectivity index is 3.86. The van der Waals surface area contributed by atoms with Crippen LogP contribution in [0.4, 0.5) is 4.79 Å². The van der Waals surface area contributed by atoms with E-state index in [0.29, 0.717) is 0 Å². The fraction of sp³-hybridized carbons (Fsp3) is 0.727. The molecule has 0 amide bonds. The summed E-state index contributed by atoms with van der Waals surface area (Å²) in [4.78, 5) is 22.2. The second kappa shape index (κ2) is 6.35. The Morgan fingerprint density at radius 3 is 2.31 bits per heavy atom. The summed E-state index contributed by atoms with van der Waals surface area (Å²) in [6.07, 6.45) is -1.41. The summed E-state index contributed by atoms with van der Waals surface area (Å²) in [6.45, 7) is 9.88. The molecule has 5 nitrogen and oxygen atoms in total. The van der Waals surface area contributed by atoms with Gasteiger partial charge in [0.25, 0.3) is 0 Å². The van der Waals surface area contributed by atoms with Crippen molar-refractivity contribution >= 4 is 12.1 Å². The first-order valence-corrected chi connectivity index (χ1v) is 5.15. The van der Waals surface area contributed by atoms with E-state index >= 15 is 0 Å². The molecule has 0 aromatic heterocycles. The fourth-order valence-electron chi connectivity index (χ4n) is 0.666. The summed E-state index contributed by atoms with van der Waals surface area (Å²) in [6, 6.07) is 0. The van der Waals surface area contributed by atoms with Crippen LogP contribution in [0.5, 0.6) is 0 Å². The van der Waals surface area contributed by atoms with Crippen molar-refractivity contribution in [2.75, 3.05) is 6.61 Å². The molecule has 93 valence electrons. The van der Waals surface area contributed by atoms with Gasteiger partial charge in [-0.25, -0.2) is 4.79 Å². The Hall–Kier alpha value is -1.26. The van der Waals surface area contributed by atoms with E-state index in [-0.39, 0.29) is 12.6 Å². The van der Waals surface area contributed by atoms with Crippen LogP contribution in [0.1, 0.15) is 34.6 Å². The standard InChI is InChI=1S/C11H19O5/c1-6-14-10(13)16-8(2)7-15-9(12)11(3,4)5/h7-8H,6H2,1-5H3. The SMILES string of the molecule is CCOC(=O)OC(C)[CH]OC(=O)C(C)(C)C. The highest BCUT2D eigenvalue weighted by atomic mass is 16.7. The van der Waals surface area contributed by atoms with E-state index in [0.717, 1.165) is 0 Å². The van der Waals surface area contributed by atoms with E-state index in [9.17, 15) is 9.59 Å². The molecular formula is C11H19O5. The van der Waals surface area contributed by atoms with E-state index < -0.39 is 17.7 Å². The van der Waals surface area contributed by atoms with Crippen LogP contribution in [0, 0.1) is 12.0 Å². The third-order valence-electron chi connectivity index (χ3n) is 1.52. The van der Waals surface area contributed by atoms with Crippen LogP contribution in [0.2, 0.25) is 0 Å². The number of carbonyl (C=O) groups excluding carboxylic acids is 2. The van der Waals surface area contributed by atoms with E-state index in [1.54, 1.807) is 34.6 Å². The van der Waals surface area contributed by atoms with E-state index in [2.05, 4.69) is 4.74 Å². The van der Waals surface area contributed by atoms with E-state index in [1.807, 2.05) is 0 Å². The normalized spacial score (nSPS) is 12.8. The van der Waals surface area contributed by atoms with Gasteiger partial charge < -0.3 is 14.2 Å². The summed E-state index contributed by atoms with van der Waals surface area (Å²) >= 11 is 0. The van der Waals surface area contributed by atoms with Gasteiger partial charge in [0.05, 0.1) is 12.0 Å². The molecule has 0 aromatic rings. The molecule has 0 saturated heterocycles. The smallest absolute Gasteiger partial charge is 0.454 e. The lowest BCUT2D eigenvalue weighted by Crippen LogP contribution is -2.25. The summed E-state index contributed by atoms with van der Waals surface area (Å²) in [5, 5.41) is 0. The van der Waals surface area contributed by atoms with Gasteiger partial charge in [0.15, 0.2) is 6.61 Å². The van der Waals surface area contributed by atoms with Gasteiger partial charge in [0, 0.05) is 0 Å². The van der Waals surface area contributed by atoms with Crippen LogP contribution in [-0.2, 0) is 19.0 Å². The van der Waals surface area contributed by atoms with Crippen molar-refractivity contribution in [1.29, 1.82) is 0 Å². The first-order valence-electron chi connectivity index (χ1n) is 5.15. The maximum atomic E-state index is 11.4. The molecule has 0 aliphatic heterocycles. The largest absolute Gasteiger partial charge is 0.508 e. The summed E-state index contributed by atoms with van der Waals surface area (Å²) in [5.41, 5.74) is -0.583. The molecule has 5 heteroatoms. The molecule has 0 aromatic carbocycles. The molecule has 0 bridgehead atoms. The molecule has 16 heavy (non-hydrogen) atoms. The molecule has 1 unspecified atom stereocenters. The Morgan fingerprint density at radius 1 is 1.31 bits per heavy atom. The summed E-state index contributed by atoms with van der Waals surface area (Å²) in [5.74, 6) is -0.383. The molecule has 0 aliphatic rings. The lowest BCUT2D eigenvalue weighted by atomic mass is 9.97. The topological polar surface area (TPSA) is 61.8 Å². The highest BCUT2D eigenvalue weighted by Crippen LogP contribution is 2.16. The first-order chi connectivity index (χ1) is 7.27. The number of ether oxygens (including phenoxy) is 3. The predicted molar refractivity (Wildman–Crippen MR) is 57.4 cm³/mol. The highest BCUT2D eigenvalue weighted by molar-refractivity contribution is 5.75. The van der Waals surface area contributed by atoms with Gasteiger partial charge >= 0.3 is 12.1 Å². The van der Waals surface area contributed by atoms with Gasteiger partial charge in [-0.05, 0) is 34.6 Å². The lowest BCUT2D eigenvalue weighted by Gasteiger charge is -2.18. The third-order valence-corrected chi connectivity index (χ3v) is 1.52. The maximum absolute atomic E-state index is 11.4. The molecule has 0 fully saturated rings. The monoisotopic (exact) mass is 231 g/mol. The zero-order chi connectivity index (χ0) is 12.8. The summed E-state index contributed by atoms with van der Waals surface area (Å²) in [7, 11) is 0. The second-order valence-corrected chi connectivity index (χ2v) is 4.30. The van der Waals surface area contributed by atoms with Crippen LogP contribution in [0.25, 0.3) is 0 Å². The van der Waals surface area contributed by atoms with E-state index in [1.165, 1.54) is 6.61 Å². The number of esters is 1. The molecule has 0 rings (SSSR count). The molecular weight excluding hydrogens is 212 g/mol. The molecule has 0 saturated carbocycles. The number of carbonyl (C=O) groups is 2. The first kappa shape index (κ1) is 14.7. The van der Waals surface area contributed by atoms with Gasteiger partial charge in [0.1, 0.15) is 6.10 Å². The molecule has 0 heterocycles. The predicted octanol–water partition coefficient (Wildman–Crippen LogP) is 2.30. The Labute approximate surface area is 96.1 Å². The van der Waals surface area contributed by atoms with Crippen molar-refractivity contribution in [3.63, 3.8) is 0 Å². The Morgan fingerprint density at radius 2 is 1.88 bits per heavy atom.